The number of nitrogens with zero attached hydrogens (tertiary/aromatic N) is 2. The molecule has 1 amide bonds. The van der Waals surface area contributed by atoms with E-state index in [1.807, 2.05) is 24.8 Å². The minimum atomic E-state index is 0.0836. The monoisotopic (exact) mass is 386 g/mol. The third-order valence-electron chi connectivity index (χ3n) is 5.51. The van der Waals surface area contributed by atoms with Crippen LogP contribution in [0.25, 0.3) is 0 Å². The molecule has 4 rings (SSSR count). The molecule has 0 radical (unpaired) electrons. The molecular weight excluding hydrogens is 360 g/mol. The summed E-state index contributed by atoms with van der Waals surface area (Å²) in [5.41, 5.74) is 2.32. The number of aromatic nitrogens is 1. The third-order valence-corrected chi connectivity index (χ3v) is 6.59. The van der Waals surface area contributed by atoms with Gasteiger partial charge < -0.3 is 14.4 Å². The van der Waals surface area contributed by atoms with Gasteiger partial charge in [-0.25, -0.2) is 4.98 Å². The highest BCUT2D eigenvalue weighted by atomic mass is 32.1. The van der Waals surface area contributed by atoms with E-state index in [9.17, 15) is 4.79 Å². The first-order valence-corrected chi connectivity index (χ1v) is 10.3. The molecule has 2 aliphatic heterocycles. The average molecular weight is 387 g/mol. The number of aryl methyl sites for hydroxylation is 2. The Balaban J connectivity index is 1.43. The SMILES string of the molecule is Cc1nc(C)c(CC(=O)N2CCC[C@](C)(Cc3ccc4c(c3)OCO4)C2)s1. The zero-order chi connectivity index (χ0) is 19.0. The maximum absolute atomic E-state index is 12.9. The third kappa shape index (κ3) is 3.95. The Kier molecular flexibility index (Phi) is 4.84. The van der Waals surface area contributed by atoms with Gasteiger partial charge in [0.2, 0.25) is 12.7 Å². The van der Waals surface area contributed by atoms with Crippen LogP contribution in [0.3, 0.4) is 0 Å². The van der Waals surface area contributed by atoms with Crippen molar-refractivity contribution in [1.82, 2.24) is 9.88 Å². The first-order chi connectivity index (χ1) is 12.9. The summed E-state index contributed by atoms with van der Waals surface area (Å²) in [6.07, 6.45) is 3.58. The van der Waals surface area contributed by atoms with Gasteiger partial charge in [-0.15, -0.1) is 11.3 Å². The van der Waals surface area contributed by atoms with Gasteiger partial charge in [0.15, 0.2) is 11.5 Å². The molecule has 3 heterocycles. The number of piperidine rings is 1. The van der Waals surface area contributed by atoms with Gasteiger partial charge in [-0.05, 0) is 56.2 Å². The predicted molar refractivity (Wildman–Crippen MR) is 105 cm³/mol. The maximum Gasteiger partial charge on any atom is 0.231 e. The van der Waals surface area contributed by atoms with E-state index < -0.39 is 0 Å². The molecule has 0 aliphatic carbocycles. The Morgan fingerprint density at radius 3 is 2.89 bits per heavy atom. The molecule has 144 valence electrons. The highest BCUT2D eigenvalue weighted by molar-refractivity contribution is 7.11. The van der Waals surface area contributed by atoms with Crippen LogP contribution in [0.15, 0.2) is 18.2 Å². The molecule has 0 N–H and O–H groups in total. The minimum absolute atomic E-state index is 0.0836. The average Bonchev–Trinajstić information content (AvgIpc) is 3.20. The summed E-state index contributed by atoms with van der Waals surface area (Å²) in [5, 5.41) is 1.03. The topological polar surface area (TPSA) is 51.7 Å². The van der Waals surface area contributed by atoms with Crippen LogP contribution in [0.4, 0.5) is 0 Å². The second-order valence-corrected chi connectivity index (χ2v) is 9.30. The lowest BCUT2D eigenvalue weighted by Gasteiger charge is -2.41. The van der Waals surface area contributed by atoms with Crippen molar-refractivity contribution in [3.8, 4) is 11.5 Å². The van der Waals surface area contributed by atoms with Crippen LogP contribution >= 0.6 is 11.3 Å². The number of carbonyl (C=O) groups is 1. The number of ether oxygens (including phenoxy) is 2. The summed E-state index contributed by atoms with van der Waals surface area (Å²) in [7, 11) is 0. The van der Waals surface area contributed by atoms with Gasteiger partial charge in [0, 0.05) is 18.0 Å². The summed E-state index contributed by atoms with van der Waals surface area (Å²) in [6, 6.07) is 6.18. The zero-order valence-corrected chi connectivity index (χ0v) is 17.0. The molecule has 0 bridgehead atoms. The first kappa shape index (κ1) is 18.3. The van der Waals surface area contributed by atoms with Crippen LogP contribution in [0, 0.1) is 19.3 Å². The lowest BCUT2D eigenvalue weighted by molar-refractivity contribution is -0.133. The van der Waals surface area contributed by atoms with E-state index >= 15 is 0 Å². The van der Waals surface area contributed by atoms with Crippen LogP contribution in [0.2, 0.25) is 0 Å². The maximum atomic E-state index is 12.9. The molecule has 1 aromatic carbocycles. The van der Waals surface area contributed by atoms with Crippen molar-refractivity contribution in [3.05, 3.63) is 39.3 Å². The summed E-state index contributed by atoms with van der Waals surface area (Å²) >= 11 is 1.64. The molecule has 1 saturated heterocycles. The molecule has 0 unspecified atom stereocenters. The van der Waals surface area contributed by atoms with E-state index in [-0.39, 0.29) is 11.3 Å². The lowest BCUT2D eigenvalue weighted by atomic mass is 9.77. The number of hydrogen-bond acceptors (Lipinski definition) is 5. The van der Waals surface area contributed by atoms with E-state index in [0.717, 1.165) is 59.4 Å². The van der Waals surface area contributed by atoms with Gasteiger partial charge in [-0.3, -0.25) is 4.79 Å². The Bertz CT molecular complexity index is 863. The number of likely N-dealkylation sites (tertiary alicyclic amines) is 1. The fraction of sp³-hybridized carbons (Fsp3) is 0.524. The summed E-state index contributed by atoms with van der Waals surface area (Å²) in [6.45, 7) is 8.23. The predicted octanol–water partition coefficient (Wildman–Crippen LogP) is 3.90. The highest BCUT2D eigenvalue weighted by Gasteiger charge is 2.34. The largest absolute Gasteiger partial charge is 0.454 e. The molecule has 1 aromatic heterocycles. The second kappa shape index (κ2) is 7.15. The van der Waals surface area contributed by atoms with Crippen LogP contribution in [-0.2, 0) is 17.6 Å². The van der Waals surface area contributed by atoms with Crippen LogP contribution in [0.1, 0.15) is 40.9 Å². The molecule has 27 heavy (non-hydrogen) atoms. The summed E-state index contributed by atoms with van der Waals surface area (Å²) in [5.74, 6) is 1.87. The van der Waals surface area contributed by atoms with E-state index in [1.165, 1.54) is 5.56 Å². The van der Waals surface area contributed by atoms with Crippen molar-refractivity contribution < 1.29 is 14.3 Å². The van der Waals surface area contributed by atoms with Gasteiger partial charge in [0.1, 0.15) is 0 Å². The molecular formula is C21H26N2O3S. The molecule has 5 nitrogen and oxygen atoms in total. The molecule has 1 atom stereocenters. The number of amides is 1. The van der Waals surface area contributed by atoms with Gasteiger partial charge in [-0.1, -0.05) is 13.0 Å². The van der Waals surface area contributed by atoms with E-state index in [2.05, 4.69) is 24.0 Å². The van der Waals surface area contributed by atoms with Gasteiger partial charge in [0.25, 0.3) is 0 Å². The Hall–Kier alpha value is -2.08. The first-order valence-electron chi connectivity index (χ1n) is 9.51. The molecule has 6 heteroatoms. The van der Waals surface area contributed by atoms with Crippen molar-refractivity contribution in [3.63, 3.8) is 0 Å². The highest BCUT2D eigenvalue weighted by Crippen LogP contribution is 2.37. The molecule has 2 aliphatic rings. The zero-order valence-electron chi connectivity index (χ0n) is 16.2. The number of fused-ring (bicyclic) bond motifs is 1. The minimum Gasteiger partial charge on any atom is -0.454 e. The van der Waals surface area contributed by atoms with Crippen molar-refractivity contribution in [2.45, 2.75) is 46.5 Å². The van der Waals surface area contributed by atoms with Crippen LogP contribution in [0.5, 0.6) is 11.5 Å². The molecule has 2 aromatic rings. The second-order valence-electron chi connectivity index (χ2n) is 8.01. The van der Waals surface area contributed by atoms with Crippen LogP contribution < -0.4 is 9.47 Å². The van der Waals surface area contributed by atoms with Gasteiger partial charge in [0.05, 0.1) is 17.1 Å². The summed E-state index contributed by atoms with van der Waals surface area (Å²) < 4.78 is 10.9. The van der Waals surface area contributed by atoms with E-state index in [4.69, 9.17) is 9.47 Å². The normalized spacial score (nSPS) is 21.5. The quantitative estimate of drug-likeness (QED) is 0.800. The molecule has 0 spiro atoms. The Labute approximate surface area is 164 Å². The number of carbonyl (C=O) groups excluding carboxylic acids is 1. The molecule has 0 saturated carbocycles. The van der Waals surface area contributed by atoms with Crippen molar-refractivity contribution >= 4 is 17.2 Å². The van der Waals surface area contributed by atoms with Crippen molar-refractivity contribution in [2.75, 3.05) is 19.9 Å². The van der Waals surface area contributed by atoms with E-state index in [0.29, 0.717) is 13.2 Å². The van der Waals surface area contributed by atoms with E-state index in [1.54, 1.807) is 11.3 Å². The number of hydrogen-bond donors (Lipinski definition) is 0. The number of thiazole rings is 1. The lowest BCUT2D eigenvalue weighted by Crippen LogP contribution is -2.46. The number of rotatable bonds is 4. The van der Waals surface area contributed by atoms with Gasteiger partial charge >= 0.3 is 0 Å². The van der Waals surface area contributed by atoms with Crippen LogP contribution in [-0.4, -0.2) is 35.7 Å². The molecule has 1 fully saturated rings. The smallest absolute Gasteiger partial charge is 0.231 e. The number of benzene rings is 1. The fourth-order valence-electron chi connectivity index (χ4n) is 4.20. The fourth-order valence-corrected chi connectivity index (χ4v) is 5.13. The van der Waals surface area contributed by atoms with Crippen molar-refractivity contribution in [2.24, 2.45) is 5.41 Å². The Morgan fingerprint density at radius 2 is 2.11 bits per heavy atom. The van der Waals surface area contributed by atoms with Crippen molar-refractivity contribution in [1.29, 1.82) is 0 Å². The summed E-state index contributed by atoms with van der Waals surface area (Å²) in [4.78, 5) is 20.5. The van der Waals surface area contributed by atoms with Gasteiger partial charge in [-0.2, -0.15) is 0 Å². The Morgan fingerprint density at radius 1 is 1.30 bits per heavy atom. The standard InChI is InChI=1S/C21H26N2O3S/c1-14-19(27-15(2)22-14)10-20(24)23-8-4-7-21(3,12-23)11-16-5-6-17-18(9-16)26-13-25-17/h5-6,9H,4,7-8,10-13H2,1-3H3/t21-/m1/s1.